The van der Waals surface area contributed by atoms with Crippen LogP contribution < -0.4 is 11.1 Å². The maximum Gasteiger partial charge on any atom is 0.466 e. The quantitative estimate of drug-likeness (QED) is 0.202. The Morgan fingerprint density at radius 3 is 1.71 bits per heavy atom. The summed E-state index contributed by atoms with van der Waals surface area (Å²) in [6.45, 7) is 1.33. The number of carbonyl (C=O) groups excluding carboxylic acids is 1. The molecule has 0 aliphatic carbocycles. The van der Waals surface area contributed by atoms with E-state index in [1.165, 1.54) is 6.92 Å². The number of primary amides is 1. The molecule has 0 saturated carbocycles. The summed E-state index contributed by atoms with van der Waals surface area (Å²) in [5.74, 6) is 0. The zero-order chi connectivity index (χ0) is 11.9. The number of aliphatic hydroxyl groups is 2. The van der Waals surface area contributed by atoms with E-state index in [4.69, 9.17) is 29.5 Å². The Morgan fingerprint density at radius 2 is 1.64 bits per heavy atom. The van der Waals surface area contributed by atoms with E-state index in [2.05, 4.69) is 5.73 Å². The van der Waals surface area contributed by atoms with Crippen LogP contribution in [0, 0.1) is 0 Å². The number of hydrogen-bond donors (Lipinski definition) is 7. The van der Waals surface area contributed by atoms with Crippen LogP contribution >= 0.6 is 7.82 Å². The van der Waals surface area contributed by atoms with Crippen LogP contribution in [0.2, 0.25) is 0 Å². The molecule has 0 aromatic carbocycles. The molecule has 0 aromatic rings. The number of nitrogens with one attached hydrogen (secondary N) is 1. The van der Waals surface area contributed by atoms with E-state index in [0.29, 0.717) is 0 Å². The minimum Gasteiger partial charge on any atom is -0.389 e. The molecule has 2 amide bonds. The Morgan fingerprint density at radius 1 is 1.36 bits per heavy atom. The molecule has 0 radical (unpaired) electrons. The van der Waals surface area contributed by atoms with Crippen molar-refractivity contribution in [3.63, 3.8) is 0 Å². The van der Waals surface area contributed by atoms with Gasteiger partial charge in [0, 0.05) is 0 Å². The average Bonchev–Trinajstić information content (AvgIpc) is 1.80. The maximum absolute atomic E-state index is 9.95. The van der Waals surface area contributed by atoms with Crippen molar-refractivity contribution in [2.24, 2.45) is 5.73 Å². The van der Waals surface area contributed by atoms with Crippen molar-refractivity contribution in [2.45, 2.75) is 19.3 Å². The van der Waals surface area contributed by atoms with E-state index < -0.39 is 26.2 Å². The van der Waals surface area contributed by atoms with E-state index in [1.807, 2.05) is 5.32 Å². The molecule has 10 heteroatoms. The summed E-state index contributed by atoms with van der Waals surface area (Å²) in [4.78, 5) is 31.5. The van der Waals surface area contributed by atoms with Gasteiger partial charge in [0.15, 0.2) is 6.23 Å². The van der Waals surface area contributed by atoms with Gasteiger partial charge in [-0.3, -0.25) is 0 Å². The molecule has 0 fully saturated rings. The molecule has 0 spiro atoms. The third-order valence-electron chi connectivity index (χ3n) is 0.747. The molecule has 0 aliphatic rings. The first-order chi connectivity index (χ1) is 6.04. The smallest absolute Gasteiger partial charge is 0.389 e. The van der Waals surface area contributed by atoms with E-state index in [9.17, 15) is 4.79 Å². The molecule has 86 valence electrons. The van der Waals surface area contributed by atoms with Crippen LogP contribution in [-0.2, 0) is 4.57 Å². The molecule has 8 N–H and O–H groups in total. The third-order valence-corrected chi connectivity index (χ3v) is 0.747. The number of rotatable bonds is 2. The van der Waals surface area contributed by atoms with Gasteiger partial charge in [0.1, 0.15) is 0 Å². The van der Waals surface area contributed by atoms with Gasteiger partial charge in [0.25, 0.3) is 0 Å². The lowest BCUT2D eigenvalue weighted by atomic mass is 10.4. The lowest BCUT2D eigenvalue weighted by Gasteiger charge is -2.12. The van der Waals surface area contributed by atoms with Crippen LogP contribution in [0.15, 0.2) is 0 Å². The zero-order valence-corrected chi connectivity index (χ0v) is 8.13. The Bertz CT molecular complexity index is 205. The van der Waals surface area contributed by atoms with Gasteiger partial charge in [-0.25, -0.2) is 9.36 Å². The van der Waals surface area contributed by atoms with Crippen molar-refractivity contribution in [3.05, 3.63) is 0 Å². The molecule has 0 heterocycles. The maximum atomic E-state index is 9.95. The second-order valence-electron chi connectivity index (χ2n) is 2.21. The van der Waals surface area contributed by atoms with Crippen LogP contribution in [0.1, 0.15) is 6.92 Å². The lowest BCUT2D eigenvalue weighted by Crippen LogP contribution is -2.44. The van der Waals surface area contributed by atoms with Crippen LogP contribution in [0.4, 0.5) is 4.79 Å². The predicted molar refractivity (Wildman–Crippen MR) is 44.7 cm³/mol. The molecule has 14 heavy (non-hydrogen) atoms. The number of aliphatic hydroxyl groups excluding tert-OH is 2. The molecule has 0 rings (SSSR count). The normalized spacial score (nSPS) is 14.7. The topological polar surface area (TPSA) is 173 Å². The first kappa shape index (κ1) is 15.8. The fourth-order valence-electron chi connectivity index (χ4n) is 0.266. The van der Waals surface area contributed by atoms with E-state index in [0.717, 1.165) is 0 Å². The monoisotopic (exact) mass is 232 g/mol. The standard InChI is InChI=1S/C4H10N2O3.H3O4P/c1-2(7)3(8)6-4(5)9;1-5(2,3)4/h2-3,7-8H,1H3,(H3,5,6,9);(H3,1,2,3,4). The van der Waals surface area contributed by atoms with Crippen LogP contribution in [0.25, 0.3) is 0 Å². The number of urea groups is 1. The molecule has 0 saturated heterocycles. The van der Waals surface area contributed by atoms with Crippen LogP contribution in [0.5, 0.6) is 0 Å². The van der Waals surface area contributed by atoms with Gasteiger partial charge < -0.3 is 35.9 Å². The second kappa shape index (κ2) is 6.71. The number of nitrogens with two attached hydrogens (primary N) is 1. The Kier molecular flexibility index (Phi) is 7.55. The van der Waals surface area contributed by atoms with Crippen LogP contribution in [0.3, 0.4) is 0 Å². The Labute approximate surface area is 79.4 Å². The van der Waals surface area contributed by atoms with E-state index in [1.54, 1.807) is 0 Å². The largest absolute Gasteiger partial charge is 0.466 e. The van der Waals surface area contributed by atoms with Crippen molar-refractivity contribution < 1.29 is 34.3 Å². The number of amides is 2. The highest BCUT2D eigenvalue weighted by molar-refractivity contribution is 7.45. The van der Waals surface area contributed by atoms with Crippen molar-refractivity contribution in [1.29, 1.82) is 0 Å². The van der Waals surface area contributed by atoms with Gasteiger partial charge in [-0.05, 0) is 6.92 Å². The van der Waals surface area contributed by atoms with Gasteiger partial charge in [-0.1, -0.05) is 0 Å². The van der Waals surface area contributed by atoms with Crippen molar-refractivity contribution in [3.8, 4) is 0 Å². The third kappa shape index (κ3) is 22.5. The Balaban J connectivity index is 0. The first-order valence-electron chi connectivity index (χ1n) is 3.24. The molecular weight excluding hydrogens is 219 g/mol. The molecule has 9 nitrogen and oxygen atoms in total. The fourth-order valence-corrected chi connectivity index (χ4v) is 0.266. The minimum atomic E-state index is -4.64. The van der Waals surface area contributed by atoms with Crippen LogP contribution in [-0.4, -0.2) is 43.3 Å². The highest BCUT2D eigenvalue weighted by Crippen LogP contribution is 2.25. The number of hydrogen-bond acceptors (Lipinski definition) is 4. The minimum absolute atomic E-state index is 0.858. The summed E-state index contributed by atoms with van der Waals surface area (Å²) in [7, 11) is -4.64. The van der Waals surface area contributed by atoms with Crippen molar-refractivity contribution >= 4 is 13.9 Å². The highest BCUT2D eigenvalue weighted by atomic mass is 31.2. The van der Waals surface area contributed by atoms with E-state index in [-0.39, 0.29) is 0 Å². The molecular formula is C4H13N2O7P. The molecule has 0 aromatic heterocycles. The predicted octanol–water partition coefficient (Wildman–Crippen LogP) is -2.57. The van der Waals surface area contributed by atoms with Crippen molar-refractivity contribution in [2.75, 3.05) is 0 Å². The molecule has 0 aliphatic heterocycles. The lowest BCUT2D eigenvalue weighted by molar-refractivity contribution is 0.0176. The summed E-state index contributed by atoms with van der Waals surface area (Å²) in [6, 6.07) is -0.858. The average molecular weight is 232 g/mol. The summed E-state index contributed by atoms with van der Waals surface area (Å²) >= 11 is 0. The number of phosphoric acid groups is 1. The molecule has 2 atom stereocenters. The zero-order valence-electron chi connectivity index (χ0n) is 7.23. The van der Waals surface area contributed by atoms with Gasteiger partial charge in [0.05, 0.1) is 6.10 Å². The Hall–Kier alpha value is -0.700. The summed E-state index contributed by atoms with van der Waals surface area (Å²) in [5.41, 5.74) is 4.61. The summed E-state index contributed by atoms with van der Waals surface area (Å²) < 4.78 is 8.88. The fraction of sp³-hybridized carbons (Fsp3) is 0.750. The van der Waals surface area contributed by atoms with Gasteiger partial charge in [-0.2, -0.15) is 0 Å². The summed E-state index contributed by atoms with van der Waals surface area (Å²) in [6.07, 6.45) is -2.28. The SMILES string of the molecule is CC(O)C(O)NC(N)=O.O=P(O)(O)O. The highest BCUT2D eigenvalue weighted by Gasteiger charge is 2.10. The van der Waals surface area contributed by atoms with Crippen molar-refractivity contribution in [1.82, 2.24) is 5.32 Å². The summed E-state index contributed by atoms with van der Waals surface area (Å²) in [5, 5.41) is 19.1. The van der Waals surface area contributed by atoms with Gasteiger partial charge >= 0.3 is 13.9 Å². The van der Waals surface area contributed by atoms with Gasteiger partial charge in [0.2, 0.25) is 0 Å². The second-order valence-corrected chi connectivity index (χ2v) is 3.23. The van der Waals surface area contributed by atoms with E-state index >= 15 is 0 Å². The van der Waals surface area contributed by atoms with Gasteiger partial charge in [-0.15, -0.1) is 0 Å². The molecule has 0 bridgehead atoms. The molecule has 2 unspecified atom stereocenters. The number of carbonyl (C=O) groups is 1. The first-order valence-corrected chi connectivity index (χ1v) is 4.81.